The first-order chi connectivity index (χ1) is 9.18. The number of carbonyl (C=O) groups is 4. The van der Waals surface area contributed by atoms with Gasteiger partial charge in [-0.05, 0) is 15.9 Å². The maximum Gasteiger partial charge on any atom is 0.303 e. The molecule has 0 saturated carbocycles. The Kier molecular flexibility index (Phi) is 8.00. The van der Waals surface area contributed by atoms with E-state index in [-0.39, 0.29) is 0 Å². The smallest absolute Gasteiger partial charge is 0.303 e. The summed E-state index contributed by atoms with van der Waals surface area (Å²) in [7, 11) is 0. The largest absolute Gasteiger partial charge is 0.456 e. The zero-order valence-electron chi connectivity index (χ0n) is 11.1. The summed E-state index contributed by atoms with van der Waals surface area (Å²) in [4.78, 5) is 44.4. The lowest BCUT2D eigenvalue weighted by atomic mass is 10.1. The van der Waals surface area contributed by atoms with E-state index >= 15 is 0 Å². The van der Waals surface area contributed by atoms with Crippen molar-refractivity contribution >= 4 is 38.5 Å². The van der Waals surface area contributed by atoms with Crippen LogP contribution in [0.1, 0.15) is 20.8 Å². The number of ether oxygens (including phenoxy) is 3. The molecule has 0 aromatic heterocycles. The molecule has 0 rings (SSSR count). The number of aliphatic hydroxyl groups excluding tert-OH is 1. The Bertz CT molecular complexity index is 394. The average molecular weight is 355 g/mol. The fourth-order valence-corrected chi connectivity index (χ4v) is 1.72. The fraction of sp³-hybridized carbons (Fsp3) is 0.636. The van der Waals surface area contributed by atoms with Crippen molar-refractivity contribution in [2.75, 3.05) is 6.61 Å². The quantitative estimate of drug-likeness (QED) is 0.376. The number of hydrogen-bond donors (Lipinski definition) is 1. The van der Waals surface area contributed by atoms with Crippen LogP contribution < -0.4 is 0 Å². The Hall–Kier alpha value is -1.48. The van der Waals surface area contributed by atoms with Crippen molar-refractivity contribution in [3.8, 4) is 0 Å². The Morgan fingerprint density at radius 1 is 0.950 bits per heavy atom. The topological polar surface area (TPSA) is 116 Å². The van der Waals surface area contributed by atoms with Gasteiger partial charge in [0, 0.05) is 20.8 Å². The highest BCUT2D eigenvalue weighted by Gasteiger charge is 2.40. The van der Waals surface area contributed by atoms with Gasteiger partial charge in [-0.2, -0.15) is 0 Å². The summed E-state index contributed by atoms with van der Waals surface area (Å²) < 4.78 is 13.5. The minimum Gasteiger partial charge on any atom is -0.456 e. The minimum absolute atomic E-state index is 0.727. The molecule has 9 heteroatoms. The highest BCUT2D eigenvalue weighted by molar-refractivity contribution is 9.18. The van der Waals surface area contributed by atoms with Gasteiger partial charge in [-0.3, -0.25) is 19.2 Å². The average Bonchev–Trinajstić information content (AvgIpc) is 2.29. The molecule has 0 bridgehead atoms. The number of carbonyl (C=O) groups excluding carboxylic acids is 4. The van der Waals surface area contributed by atoms with Gasteiger partial charge in [0.05, 0.1) is 6.61 Å². The lowest BCUT2D eigenvalue weighted by Crippen LogP contribution is -2.49. The standard InChI is InChI=1S/C11H15BrO8/c1-5(14)18-8(4-13)9(19-6(2)15)10(11(12)17)20-7(3)16/h8-10,13H,4H2,1-3H3/t8-,9-,10+/m1/s1. The first-order valence-corrected chi connectivity index (χ1v) is 6.30. The van der Waals surface area contributed by atoms with E-state index in [0.29, 0.717) is 0 Å². The molecule has 0 unspecified atom stereocenters. The van der Waals surface area contributed by atoms with E-state index in [4.69, 9.17) is 14.2 Å². The Balaban J connectivity index is 5.33. The monoisotopic (exact) mass is 354 g/mol. The fourth-order valence-electron chi connectivity index (χ4n) is 1.37. The molecule has 0 aromatic carbocycles. The molecule has 20 heavy (non-hydrogen) atoms. The van der Waals surface area contributed by atoms with Gasteiger partial charge >= 0.3 is 17.9 Å². The van der Waals surface area contributed by atoms with E-state index in [1.165, 1.54) is 0 Å². The van der Waals surface area contributed by atoms with Crippen molar-refractivity contribution in [3.05, 3.63) is 0 Å². The number of esters is 3. The van der Waals surface area contributed by atoms with Crippen LogP contribution in [0, 0.1) is 0 Å². The van der Waals surface area contributed by atoms with Crippen LogP contribution in [0.2, 0.25) is 0 Å². The van der Waals surface area contributed by atoms with Gasteiger partial charge in [0.1, 0.15) is 0 Å². The molecular formula is C11H15BrO8. The molecule has 114 valence electrons. The molecule has 0 saturated heterocycles. The van der Waals surface area contributed by atoms with Crippen LogP contribution in [0.15, 0.2) is 0 Å². The van der Waals surface area contributed by atoms with Crippen LogP contribution in [0.3, 0.4) is 0 Å². The van der Waals surface area contributed by atoms with E-state index in [2.05, 4.69) is 15.9 Å². The van der Waals surface area contributed by atoms with Crippen molar-refractivity contribution in [1.29, 1.82) is 0 Å². The zero-order chi connectivity index (χ0) is 15.9. The predicted molar refractivity (Wildman–Crippen MR) is 67.7 cm³/mol. The summed E-state index contributed by atoms with van der Waals surface area (Å²) in [5.74, 6) is -2.37. The molecule has 1 N–H and O–H groups in total. The van der Waals surface area contributed by atoms with Crippen LogP contribution in [-0.4, -0.2) is 52.6 Å². The van der Waals surface area contributed by atoms with Crippen LogP contribution in [0.4, 0.5) is 0 Å². The van der Waals surface area contributed by atoms with Crippen molar-refractivity contribution in [2.45, 2.75) is 39.1 Å². The van der Waals surface area contributed by atoms with Gasteiger partial charge in [-0.15, -0.1) is 0 Å². The molecule has 0 spiro atoms. The highest BCUT2D eigenvalue weighted by atomic mass is 79.9. The Morgan fingerprint density at radius 3 is 1.70 bits per heavy atom. The van der Waals surface area contributed by atoms with E-state index in [1.807, 2.05) is 0 Å². The minimum atomic E-state index is -1.55. The second-order valence-corrected chi connectivity index (χ2v) is 4.52. The summed E-state index contributed by atoms with van der Waals surface area (Å²) in [5.41, 5.74) is 0. The second kappa shape index (κ2) is 8.64. The van der Waals surface area contributed by atoms with Crippen molar-refractivity contribution in [3.63, 3.8) is 0 Å². The molecule has 0 radical (unpaired) electrons. The second-order valence-electron chi connectivity index (χ2n) is 3.74. The molecule has 8 nitrogen and oxygen atoms in total. The van der Waals surface area contributed by atoms with Crippen molar-refractivity contribution in [1.82, 2.24) is 0 Å². The van der Waals surface area contributed by atoms with Crippen LogP contribution in [0.5, 0.6) is 0 Å². The molecule has 0 aliphatic rings. The van der Waals surface area contributed by atoms with Gasteiger partial charge in [-0.1, -0.05) is 0 Å². The molecule has 0 heterocycles. The van der Waals surface area contributed by atoms with Crippen LogP contribution >= 0.6 is 15.9 Å². The van der Waals surface area contributed by atoms with Crippen molar-refractivity contribution < 1.29 is 38.5 Å². The summed E-state index contributed by atoms with van der Waals surface area (Å²) in [6, 6.07) is 0. The molecule has 3 atom stereocenters. The van der Waals surface area contributed by atoms with Crippen molar-refractivity contribution in [2.24, 2.45) is 0 Å². The van der Waals surface area contributed by atoms with Gasteiger partial charge in [0.25, 0.3) is 0 Å². The lowest BCUT2D eigenvalue weighted by molar-refractivity contribution is -0.186. The third-order valence-electron chi connectivity index (χ3n) is 1.98. The first-order valence-electron chi connectivity index (χ1n) is 5.50. The van der Waals surface area contributed by atoms with Crippen LogP contribution in [0.25, 0.3) is 0 Å². The number of aliphatic hydroxyl groups is 1. The number of halogens is 1. The molecule has 0 aliphatic carbocycles. The third-order valence-corrected chi connectivity index (χ3v) is 2.43. The Morgan fingerprint density at radius 2 is 1.40 bits per heavy atom. The summed E-state index contributed by atoms with van der Waals surface area (Å²) >= 11 is 2.59. The molecule has 0 fully saturated rings. The van der Waals surface area contributed by atoms with E-state index < -0.39 is 47.5 Å². The SMILES string of the molecule is CC(=O)O[C@@H]([C@H](OC(C)=O)C(=O)Br)[C@@H](CO)OC(C)=O. The van der Waals surface area contributed by atoms with Gasteiger partial charge < -0.3 is 19.3 Å². The van der Waals surface area contributed by atoms with Gasteiger partial charge in [0.15, 0.2) is 12.2 Å². The lowest BCUT2D eigenvalue weighted by Gasteiger charge is -2.29. The maximum absolute atomic E-state index is 11.4. The molecular weight excluding hydrogens is 340 g/mol. The maximum atomic E-state index is 11.4. The summed E-state index contributed by atoms with van der Waals surface area (Å²) in [6.45, 7) is 2.45. The van der Waals surface area contributed by atoms with E-state index in [1.54, 1.807) is 0 Å². The number of rotatable bonds is 7. The first kappa shape index (κ1) is 18.5. The Labute approximate surface area is 123 Å². The van der Waals surface area contributed by atoms with Gasteiger partial charge in [0.2, 0.25) is 10.8 Å². The van der Waals surface area contributed by atoms with E-state index in [0.717, 1.165) is 20.8 Å². The molecule has 0 amide bonds. The normalized spacial score (nSPS) is 14.7. The third kappa shape index (κ3) is 6.62. The predicted octanol–water partition coefficient (Wildman–Crippen LogP) is -0.305. The highest BCUT2D eigenvalue weighted by Crippen LogP contribution is 2.16. The molecule has 0 aromatic rings. The summed E-state index contributed by atoms with van der Waals surface area (Å²) in [5, 5.41) is 9.19. The zero-order valence-corrected chi connectivity index (χ0v) is 12.7. The van der Waals surface area contributed by atoms with Crippen LogP contribution in [-0.2, 0) is 33.4 Å². The van der Waals surface area contributed by atoms with Gasteiger partial charge in [-0.25, -0.2) is 0 Å². The molecule has 0 aliphatic heterocycles. The summed E-state index contributed by atoms with van der Waals surface area (Å²) in [6.07, 6.45) is -4.35. The number of hydrogen-bond acceptors (Lipinski definition) is 8. The van der Waals surface area contributed by atoms with E-state index in [9.17, 15) is 24.3 Å².